The molecule has 0 fully saturated rings. The summed E-state index contributed by atoms with van der Waals surface area (Å²) in [5.74, 6) is 1.53. The summed E-state index contributed by atoms with van der Waals surface area (Å²) in [4.78, 5) is 16.4. The lowest BCUT2D eigenvalue weighted by Gasteiger charge is -2.23. The van der Waals surface area contributed by atoms with Gasteiger partial charge in [0.15, 0.2) is 11.5 Å². The van der Waals surface area contributed by atoms with E-state index in [0.717, 1.165) is 5.56 Å². The lowest BCUT2D eigenvalue weighted by molar-refractivity contribution is -0.126. The SMILES string of the molecule is CNC(C)(C)C(=O)NCc1cccnc1Oc1ccccc1OC. The van der Waals surface area contributed by atoms with Gasteiger partial charge in [0, 0.05) is 18.3 Å². The Morgan fingerprint density at radius 1 is 1.17 bits per heavy atom. The summed E-state index contributed by atoms with van der Waals surface area (Å²) in [6.45, 7) is 3.96. The van der Waals surface area contributed by atoms with Gasteiger partial charge in [0.05, 0.1) is 12.6 Å². The summed E-state index contributed by atoms with van der Waals surface area (Å²) in [6.07, 6.45) is 1.65. The zero-order valence-electron chi connectivity index (χ0n) is 14.4. The van der Waals surface area contributed by atoms with Crippen LogP contribution in [0.2, 0.25) is 0 Å². The maximum atomic E-state index is 12.2. The zero-order chi connectivity index (χ0) is 17.6. The van der Waals surface area contributed by atoms with Crippen LogP contribution in [-0.2, 0) is 11.3 Å². The molecule has 1 amide bonds. The van der Waals surface area contributed by atoms with Crippen molar-refractivity contribution in [2.24, 2.45) is 0 Å². The van der Waals surface area contributed by atoms with Gasteiger partial charge < -0.3 is 20.1 Å². The fourth-order valence-corrected chi connectivity index (χ4v) is 1.97. The molecule has 1 aromatic heterocycles. The zero-order valence-corrected chi connectivity index (χ0v) is 14.4. The Hall–Kier alpha value is -2.60. The number of methoxy groups -OCH3 is 1. The molecule has 128 valence electrons. The van der Waals surface area contributed by atoms with E-state index < -0.39 is 5.54 Å². The van der Waals surface area contributed by atoms with Crippen LogP contribution < -0.4 is 20.1 Å². The third-order valence-electron chi connectivity index (χ3n) is 3.76. The van der Waals surface area contributed by atoms with E-state index >= 15 is 0 Å². The van der Waals surface area contributed by atoms with Crippen molar-refractivity contribution in [1.29, 1.82) is 0 Å². The number of para-hydroxylation sites is 2. The Kier molecular flexibility index (Phi) is 5.76. The molecular weight excluding hydrogens is 306 g/mol. The van der Waals surface area contributed by atoms with Crippen LogP contribution in [0.1, 0.15) is 19.4 Å². The number of amides is 1. The van der Waals surface area contributed by atoms with Crippen molar-refractivity contribution in [2.45, 2.75) is 25.9 Å². The van der Waals surface area contributed by atoms with Crippen LogP contribution in [0.5, 0.6) is 17.4 Å². The fourth-order valence-electron chi connectivity index (χ4n) is 1.97. The molecule has 0 aliphatic heterocycles. The number of hydrogen-bond donors (Lipinski definition) is 2. The van der Waals surface area contributed by atoms with Gasteiger partial charge in [0.25, 0.3) is 0 Å². The molecule has 0 atom stereocenters. The van der Waals surface area contributed by atoms with Gasteiger partial charge in [0.2, 0.25) is 11.8 Å². The number of hydrogen-bond acceptors (Lipinski definition) is 5. The van der Waals surface area contributed by atoms with Crippen molar-refractivity contribution < 1.29 is 14.3 Å². The summed E-state index contributed by atoms with van der Waals surface area (Å²) < 4.78 is 11.2. The molecule has 0 radical (unpaired) electrons. The summed E-state index contributed by atoms with van der Waals surface area (Å²) in [5.41, 5.74) is 0.134. The first-order valence-electron chi connectivity index (χ1n) is 7.70. The van der Waals surface area contributed by atoms with Gasteiger partial charge in [-0.15, -0.1) is 0 Å². The van der Waals surface area contributed by atoms with Crippen LogP contribution in [0.15, 0.2) is 42.6 Å². The highest BCUT2D eigenvalue weighted by Gasteiger charge is 2.25. The topological polar surface area (TPSA) is 72.5 Å². The van der Waals surface area contributed by atoms with E-state index in [4.69, 9.17) is 9.47 Å². The van der Waals surface area contributed by atoms with Crippen molar-refractivity contribution in [3.05, 3.63) is 48.2 Å². The second-order valence-electron chi connectivity index (χ2n) is 5.78. The molecule has 0 aliphatic carbocycles. The molecule has 1 aromatic carbocycles. The number of pyridine rings is 1. The molecule has 2 N–H and O–H groups in total. The summed E-state index contributed by atoms with van der Waals surface area (Å²) in [7, 11) is 3.33. The van der Waals surface area contributed by atoms with Crippen LogP contribution in [-0.4, -0.2) is 30.6 Å². The fraction of sp³-hybridized carbons (Fsp3) is 0.333. The lowest BCUT2D eigenvalue weighted by Crippen LogP contribution is -2.50. The summed E-state index contributed by atoms with van der Waals surface area (Å²) in [6, 6.07) is 11.0. The van der Waals surface area contributed by atoms with Gasteiger partial charge in [-0.1, -0.05) is 18.2 Å². The average molecular weight is 329 g/mol. The number of carbonyl (C=O) groups is 1. The molecule has 0 spiro atoms. The Morgan fingerprint density at radius 2 is 1.88 bits per heavy atom. The number of likely N-dealkylation sites (N-methyl/N-ethyl adjacent to an activating group) is 1. The number of benzene rings is 1. The van der Waals surface area contributed by atoms with Crippen molar-refractivity contribution in [3.63, 3.8) is 0 Å². The predicted octanol–water partition coefficient (Wildman–Crippen LogP) is 2.50. The summed E-state index contributed by atoms with van der Waals surface area (Å²) in [5, 5.41) is 5.86. The lowest BCUT2D eigenvalue weighted by atomic mass is 10.1. The maximum Gasteiger partial charge on any atom is 0.239 e. The van der Waals surface area contributed by atoms with E-state index in [1.54, 1.807) is 32.5 Å². The highest BCUT2D eigenvalue weighted by atomic mass is 16.5. The Labute approximate surface area is 142 Å². The molecule has 1 heterocycles. The second kappa shape index (κ2) is 7.79. The van der Waals surface area contributed by atoms with Crippen LogP contribution in [0.3, 0.4) is 0 Å². The first-order chi connectivity index (χ1) is 11.5. The second-order valence-corrected chi connectivity index (χ2v) is 5.78. The number of carbonyl (C=O) groups excluding carboxylic acids is 1. The van der Waals surface area contributed by atoms with E-state index in [-0.39, 0.29) is 5.91 Å². The van der Waals surface area contributed by atoms with Crippen molar-refractivity contribution in [1.82, 2.24) is 15.6 Å². The van der Waals surface area contributed by atoms with E-state index in [9.17, 15) is 4.79 Å². The van der Waals surface area contributed by atoms with Gasteiger partial charge >= 0.3 is 0 Å². The number of nitrogens with one attached hydrogen (secondary N) is 2. The molecule has 0 aliphatic rings. The maximum absolute atomic E-state index is 12.2. The third-order valence-corrected chi connectivity index (χ3v) is 3.76. The van der Waals surface area contributed by atoms with E-state index in [1.165, 1.54) is 0 Å². The number of rotatable bonds is 7. The molecule has 24 heavy (non-hydrogen) atoms. The van der Waals surface area contributed by atoms with Gasteiger partial charge in [-0.3, -0.25) is 4.79 Å². The van der Waals surface area contributed by atoms with Gasteiger partial charge in [-0.25, -0.2) is 4.98 Å². The first-order valence-corrected chi connectivity index (χ1v) is 7.70. The smallest absolute Gasteiger partial charge is 0.239 e. The number of ether oxygens (including phenoxy) is 2. The van der Waals surface area contributed by atoms with Crippen LogP contribution in [0.4, 0.5) is 0 Å². The average Bonchev–Trinajstić information content (AvgIpc) is 2.61. The highest BCUT2D eigenvalue weighted by molar-refractivity contribution is 5.85. The molecule has 2 aromatic rings. The van der Waals surface area contributed by atoms with E-state index in [1.807, 2.05) is 38.1 Å². The van der Waals surface area contributed by atoms with E-state index in [0.29, 0.717) is 23.9 Å². The quantitative estimate of drug-likeness (QED) is 0.816. The number of aromatic nitrogens is 1. The van der Waals surface area contributed by atoms with Crippen LogP contribution in [0, 0.1) is 0 Å². The minimum absolute atomic E-state index is 0.0999. The van der Waals surface area contributed by atoms with Gasteiger partial charge in [-0.05, 0) is 39.1 Å². The Morgan fingerprint density at radius 3 is 2.54 bits per heavy atom. The highest BCUT2D eigenvalue weighted by Crippen LogP contribution is 2.31. The van der Waals surface area contributed by atoms with Crippen LogP contribution in [0.25, 0.3) is 0 Å². The third kappa shape index (κ3) is 4.23. The molecule has 0 saturated carbocycles. The molecular formula is C18H23N3O3. The van der Waals surface area contributed by atoms with E-state index in [2.05, 4.69) is 15.6 Å². The minimum atomic E-state index is -0.647. The molecule has 0 unspecified atom stereocenters. The van der Waals surface area contributed by atoms with Crippen LogP contribution >= 0.6 is 0 Å². The summed E-state index contributed by atoms with van der Waals surface area (Å²) >= 11 is 0. The molecule has 6 nitrogen and oxygen atoms in total. The molecule has 0 bridgehead atoms. The van der Waals surface area contributed by atoms with Crippen molar-refractivity contribution in [3.8, 4) is 17.4 Å². The minimum Gasteiger partial charge on any atom is -0.493 e. The largest absolute Gasteiger partial charge is 0.493 e. The molecule has 6 heteroatoms. The van der Waals surface area contributed by atoms with Gasteiger partial charge in [-0.2, -0.15) is 0 Å². The molecule has 0 saturated heterocycles. The Balaban J connectivity index is 2.15. The monoisotopic (exact) mass is 329 g/mol. The first kappa shape index (κ1) is 17.7. The number of nitrogens with zero attached hydrogens (tertiary/aromatic N) is 1. The predicted molar refractivity (Wildman–Crippen MR) is 92.3 cm³/mol. The van der Waals surface area contributed by atoms with Gasteiger partial charge in [0.1, 0.15) is 0 Å². The van der Waals surface area contributed by atoms with Crippen molar-refractivity contribution in [2.75, 3.05) is 14.2 Å². The normalized spacial score (nSPS) is 11.0. The Bertz CT molecular complexity index is 701. The van der Waals surface area contributed by atoms with Crippen molar-refractivity contribution >= 4 is 5.91 Å². The molecule has 2 rings (SSSR count). The standard InChI is InChI=1S/C18H23N3O3/c1-18(2,19-3)17(22)21-12-13-8-7-11-20-16(13)24-15-10-6-5-9-14(15)23-4/h5-11,19H,12H2,1-4H3,(H,21,22).